The van der Waals surface area contributed by atoms with E-state index in [-0.39, 0.29) is 0 Å². The van der Waals surface area contributed by atoms with Crippen molar-refractivity contribution in [1.82, 2.24) is 5.32 Å². The molecular weight excluding hydrogens is 198 g/mol. The van der Waals surface area contributed by atoms with E-state index < -0.39 is 0 Å². The van der Waals surface area contributed by atoms with Crippen LogP contribution in [-0.2, 0) is 0 Å². The fourth-order valence-electron chi connectivity index (χ4n) is 2.56. The van der Waals surface area contributed by atoms with E-state index in [9.17, 15) is 0 Å². The number of allylic oxidation sites excluding steroid dienone is 1. The van der Waals surface area contributed by atoms with Gasteiger partial charge in [0.25, 0.3) is 0 Å². The monoisotopic (exact) mass is 225 g/mol. The maximum absolute atomic E-state index is 9.09. The minimum absolute atomic E-state index is 0.338. The van der Waals surface area contributed by atoms with Crippen LogP contribution in [0.4, 0.5) is 0 Å². The van der Waals surface area contributed by atoms with Gasteiger partial charge in [0.2, 0.25) is 0 Å². The molecule has 1 fully saturated rings. The first-order valence-corrected chi connectivity index (χ1v) is 6.71. The number of nitrogens with one attached hydrogen (secondary N) is 1. The Morgan fingerprint density at radius 3 is 2.69 bits per heavy atom. The highest BCUT2D eigenvalue weighted by molar-refractivity contribution is 4.90. The van der Waals surface area contributed by atoms with Gasteiger partial charge in [-0.2, -0.15) is 0 Å². The van der Waals surface area contributed by atoms with E-state index in [1.807, 2.05) is 6.08 Å². The third-order valence-corrected chi connectivity index (χ3v) is 4.03. The van der Waals surface area contributed by atoms with Gasteiger partial charge >= 0.3 is 0 Å². The van der Waals surface area contributed by atoms with Crippen LogP contribution in [0.5, 0.6) is 0 Å². The van der Waals surface area contributed by atoms with Crippen LogP contribution in [0, 0.1) is 5.41 Å². The smallest absolute Gasteiger partial charge is 0.0436 e. The predicted molar refractivity (Wildman–Crippen MR) is 69.5 cm³/mol. The Morgan fingerprint density at radius 2 is 2.25 bits per heavy atom. The van der Waals surface area contributed by atoms with Crippen molar-refractivity contribution >= 4 is 0 Å². The minimum atomic E-state index is 0.338. The zero-order valence-corrected chi connectivity index (χ0v) is 10.7. The molecule has 1 rings (SSSR count). The summed E-state index contributed by atoms with van der Waals surface area (Å²) >= 11 is 0. The molecule has 0 aliphatic heterocycles. The summed E-state index contributed by atoms with van der Waals surface area (Å²) in [6.07, 6.45) is 10.4. The molecular formula is C14H27NO. The molecule has 1 aliphatic carbocycles. The van der Waals surface area contributed by atoms with Gasteiger partial charge in [0, 0.05) is 19.2 Å². The fraction of sp³-hybridized carbons (Fsp3) is 0.857. The SMILES string of the molecule is C=CCCC(CC)NCC1(CCO)CCC1. The summed E-state index contributed by atoms with van der Waals surface area (Å²) in [6.45, 7) is 7.43. The largest absolute Gasteiger partial charge is 0.396 e. The van der Waals surface area contributed by atoms with E-state index in [2.05, 4.69) is 18.8 Å². The van der Waals surface area contributed by atoms with E-state index in [0.29, 0.717) is 18.1 Å². The lowest BCUT2D eigenvalue weighted by atomic mass is 9.66. The third kappa shape index (κ3) is 3.91. The van der Waals surface area contributed by atoms with E-state index in [4.69, 9.17) is 5.11 Å². The summed E-state index contributed by atoms with van der Waals surface area (Å²) in [6, 6.07) is 0.620. The van der Waals surface area contributed by atoms with Gasteiger partial charge in [0.05, 0.1) is 0 Å². The van der Waals surface area contributed by atoms with Crippen molar-refractivity contribution < 1.29 is 5.11 Å². The third-order valence-electron chi connectivity index (χ3n) is 4.03. The maximum Gasteiger partial charge on any atom is 0.0436 e. The first-order chi connectivity index (χ1) is 7.76. The van der Waals surface area contributed by atoms with Crippen LogP contribution in [0.25, 0.3) is 0 Å². The van der Waals surface area contributed by atoms with Gasteiger partial charge in [-0.05, 0) is 43.9 Å². The summed E-state index contributed by atoms with van der Waals surface area (Å²) in [5.74, 6) is 0. The normalized spacial score (nSPS) is 20.1. The van der Waals surface area contributed by atoms with Gasteiger partial charge in [-0.3, -0.25) is 0 Å². The zero-order valence-electron chi connectivity index (χ0n) is 10.7. The fourth-order valence-corrected chi connectivity index (χ4v) is 2.56. The number of hydrogen-bond acceptors (Lipinski definition) is 2. The highest BCUT2D eigenvalue weighted by atomic mass is 16.3. The van der Waals surface area contributed by atoms with Crippen LogP contribution in [-0.4, -0.2) is 24.3 Å². The molecule has 0 amide bonds. The number of aliphatic hydroxyl groups excluding tert-OH is 1. The lowest BCUT2D eigenvalue weighted by molar-refractivity contribution is 0.0820. The Labute approximate surface area is 100 Å². The first kappa shape index (κ1) is 13.7. The first-order valence-electron chi connectivity index (χ1n) is 6.71. The lowest BCUT2D eigenvalue weighted by Crippen LogP contribution is -2.44. The van der Waals surface area contributed by atoms with E-state index in [1.165, 1.54) is 32.1 Å². The second-order valence-electron chi connectivity index (χ2n) is 5.18. The van der Waals surface area contributed by atoms with Crippen molar-refractivity contribution in [2.45, 2.75) is 57.9 Å². The number of aliphatic hydroxyl groups is 1. The molecule has 0 aromatic heterocycles. The van der Waals surface area contributed by atoms with Crippen LogP contribution in [0.2, 0.25) is 0 Å². The second-order valence-corrected chi connectivity index (χ2v) is 5.18. The van der Waals surface area contributed by atoms with Gasteiger partial charge < -0.3 is 10.4 Å². The second kappa shape index (κ2) is 7.08. The van der Waals surface area contributed by atoms with E-state index in [0.717, 1.165) is 19.4 Å². The van der Waals surface area contributed by atoms with Crippen molar-refractivity contribution in [3.05, 3.63) is 12.7 Å². The summed E-state index contributed by atoms with van der Waals surface area (Å²) in [4.78, 5) is 0. The minimum Gasteiger partial charge on any atom is -0.396 e. The van der Waals surface area contributed by atoms with Gasteiger partial charge in [0.15, 0.2) is 0 Å². The molecule has 0 spiro atoms. The maximum atomic E-state index is 9.09. The Morgan fingerprint density at radius 1 is 1.50 bits per heavy atom. The molecule has 0 aromatic carbocycles. The quantitative estimate of drug-likeness (QED) is 0.591. The number of rotatable bonds is 9. The van der Waals surface area contributed by atoms with Crippen molar-refractivity contribution in [3.8, 4) is 0 Å². The van der Waals surface area contributed by atoms with Crippen molar-refractivity contribution in [3.63, 3.8) is 0 Å². The highest BCUT2D eigenvalue weighted by Gasteiger charge is 2.36. The van der Waals surface area contributed by atoms with Crippen LogP contribution in [0.3, 0.4) is 0 Å². The molecule has 0 saturated heterocycles. The van der Waals surface area contributed by atoms with Gasteiger partial charge in [-0.1, -0.05) is 19.4 Å². The Hall–Kier alpha value is -0.340. The van der Waals surface area contributed by atoms with Crippen LogP contribution < -0.4 is 5.32 Å². The van der Waals surface area contributed by atoms with Crippen molar-refractivity contribution in [1.29, 1.82) is 0 Å². The molecule has 0 radical (unpaired) electrons. The summed E-state index contributed by atoms with van der Waals surface area (Å²) in [5.41, 5.74) is 0.413. The molecule has 16 heavy (non-hydrogen) atoms. The van der Waals surface area contributed by atoms with Gasteiger partial charge in [-0.25, -0.2) is 0 Å². The molecule has 0 bridgehead atoms. The Balaban J connectivity index is 2.26. The van der Waals surface area contributed by atoms with Crippen molar-refractivity contribution in [2.75, 3.05) is 13.2 Å². The molecule has 1 aliphatic rings. The van der Waals surface area contributed by atoms with E-state index in [1.54, 1.807) is 0 Å². The van der Waals surface area contributed by atoms with E-state index >= 15 is 0 Å². The lowest BCUT2D eigenvalue weighted by Gasteiger charge is -2.43. The summed E-state index contributed by atoms with van der Waals surface area (Å²) < 4.78 is 0. The molecule has 2 heteroatoms. The summed E-state index contributed by atoms with van der Waals surface area (Å²) in [5, 5.41) is 12.8. The molecule has 2 nitrogen and oxygen atoms in total. The molecule has 0 aromatic rings. The van der Waals surface area contributed by atoms with Crippen LogP contribution in [0.15, 0.2) is 12.7 Å². The van der Waals surface area contributed by atoms with Gasteiger partial charge in [0.1, 0.15) is 0 Å². The Bertz CT molecular complexity index is 199. The van der Waals surface area contributed by atoms with Crippen LogP contribution >= 0.6 is 0 Å². The van der Waals surface area contributed by atoms with Gasteiger partial charge in [-0.15, -0.1) is 6.58 Å². The topological polar surface area (TPSA) is 32.3 Å². The zero-order chi connectivity index (χ0) is 11.9. The Kier molecular flexibility index (Phi) is 6.07. The predicted octanol–water partition coefficient (Wildman–Crippen LogP) is 2.87. The summed E-state index contributed by atoms with van der Waals surface area (Å²) in [7, 11) is 0. The molecule has 1 atom stereocenters. The molecule has 94 valence electrons. The molecule has 1 unspecified atom stereocenters. The van der Waals surface area contributed by atoms with Crippen LogP contribution in [0.1, 0.15) is 51.9 Å². The van der Waals surface area contributed by atoms with Crippen molar-refractivity contribution in [2.24, 2.45) is 5.41 Å². The molecule has 1 saturated carbocycles. The molecule has 2 N–H and O–H groups in total. The molecule has 0 heterocycles. The average molecular weight is 225 g/mol. The highest BCUT2D eigenvalue weighted by Crippen LogP contribution is 2.43. The average Bonchev–Trinajstić information content (AvgIpc) is 2.25. The standard InChI is InChI=1S/C14H27NO/c1-3-5-7-13(4-2)15-12-14(10-11-16)8-6-9-14/h3,13,15-16H,1,4-12H2,2H3. The number of hydrogen-bond donors (Lipinski definition) is 2.